The molecule has 1 aliphatic heterocycles. The van der Waals surface area contributed by atoms with Crippen LogP contribution in [0.3, 0.4) is 0 Å². The summed E-state index contributed by atoms with van der Waals surface area (Å²) in [6.07, 6.45) is 0. The number of hydrogen-bond donors (Lipinski definition) is 0. The summed E-state index contributed by atoms with van der Waals surface area (Å²) in [5, 5.41) is 2.39. The van der Waals surface area contributed by atoms with Crippen molar-refractivity contribution in [3.8, 4) is 11.5 Å². The molecule has 31 heavy (non-hydrogen) atoms. The fraction of sp³-hybridized carbons (Fsp3) is 0.304. The lowest BCUT2D eigenvalue weighted by molar-refractivity contribution is 0.182. The number of fused-ring (bicyclic) bond motifs is 1. The highest BCUT2D eigenvalue weighted by Gasteiger charge is 2.32. The van der Waals surface area contributed by atoms with Crippen molar-refractivity contribution in [1.82, 2.24) is 9.21 Å². The van der Waals surface area contributed by atoms with Crippen molar-refractivity contribution >= 4 is 20.8 Å². The second-order valence-corrected chi connectivity index (χ2v) is 9.36. The van der Waals surface area contributed by atoms with E-state index in [0.717, 1.165) is 12.6 Å². The Balaban J connectivity index is 1.49. The van der Waals surface area contributed by atoms with Gasteiger partial charge in [-0.25, -0.2) is 12.8 Å². The maximum atomic E-state index is 14.6. The first-order chi connectivity index (χ1) is 14.9. The van der Waals surface area contributed by atoms with Gasteiger partial charge in [0.1, 0.15) is 10.7 Å². The summed E-state index contributed by atoms with van der Waals surface area (Å²) in [5.41, 5.74) is 1.21. The van der Waals surface area contributed by atoms with Crippen LogP contribution >= 0.6 is 0 Å². The molecule has 3 aromatic carbocycles. The zero-order valence-electron chi connectivity index (χ0n) is 17.5. The predicted octanol–water partition coefficient (Wildman–Crippen LogP) is 3.50. The zero-order chi connectivity index (χ0) is 22.0. The van der Waals surface area contributed by atoms with E-state index in [1.165, 1.54) is 40.9 Å². The average molecular weight is 445 g/mol. The van der Waals surface area contributed by atoms with Gasteiger partial charge in [0.2, 0.25) is 10.0 Å². The van der Waals surface area contributed by atoms with Crippen LogP contribution in [0.5, 0.6) is 11.5 Å². The minimum absolute atomic E-state index is 0.152. The third-order valence-electron chi connectivity index (χ3n) is 5.66. The summed E-state index contributed by atoms with van der Waals surface area (Å²) < 4.78 is 52.3. The molecule has 164 valence electrons. The van der Waals surface area contributed by atoms with Crippen LogP contribution in [0.4, 0.5) is 4.39 Å². The van der Waals surface area contributed by atoms with E-state index in [9.17, 15) is 12.8 Å². The lowest BCUT2D eigenvalue weighted by Gasteiger charge is -2.34. The second-order valence-electron chi connectivity index (χ2n) is 7.46. The lowest BCUT2D eigenvalue weighted by atomic mass is 10.0. The van der Waals surface area contributed by atoms with Gasteiger partial charge < -0.3 is 9.47 Å². The molecular formula is C23H25FN2O4S. The number of nitrogens with zero attached hydrogens (tertiary/aromatic N) is 2. The Kier molecular flexibility index (Phi) is 6.13. The molecule has 0 spiro atoms. The molecule has 0 bridgehead atoms. The Morgan fingerprint density at radius 3 is 2.26 bits per heavy atom. The molecule has 0 unspecified atom stereocenters. The van der Waals surface area contributed by atoms with Crippen molar-refractivity contribution in [2.24, 2.45) is 0 Å². The van der Waals surface area contributed by atoms with Gasteiger partial charge in [-0.05, 0) is 16.3 Å². The number of halogens is 1. The van der Waals surface area contributed by atoms with Gasteiger partial charge in [-0.3, -0.25) is 4.90 Å². The zero-order valence-corrected chi connectivity index (χ0v) is 18.4. The summed E-state index contributed by atoms with van der Waals surface area (Å²) >= 11 is 0. The van der Waals surface area contributed by atoms with Gasteiger partial charge >= 0.3 is 0 Å². The quantitative estimate of drug-likeness (QED) is 0.583. The van der Waals surface area contributed by atoms with E-state index < -0.39 is 20.7 Å². The smallest absolute Gasteiger partial charge is 0.246 e. The number of hydrogen-bond acceptors (Lipinski definition) is 5. The summed E-state index contributed by atoms with van der Waals surface area (Å²) in [7, 11) is -1.22. The van der Waals surface area contributed by atoms with Crippen molar-refractivity contribution in [2.45, 2.75) is 11.4 Å². The molecule has 1 aliphatic rings. The highest BCUT2D eigenvalue weighted by molar-refractivity contribution is 7.89. The van der Waals surface area contributed by atoms with Gasteiger partial charge in [-0.15, -0.1) is 0 Å². The maximum absolute atomic E-state index is 14.6. The summed E-state index contributed by atoms with van der Waals surface area (Å²) in [6.45, 7) is 2.45. The number of benzene rings is 3. The van der Waals surface area contributed by atoms with Gasteiger partial charge in [0.05, 0.1) is 14.2 Å². The van der Waals surface area contributed by atoms with E-state index in [1.54, 1.807) is 0 Å². The molecule has 0 aromatic heterocycles. The Morgan fingerprint density at radius 1 is 0.903 bits per heavy atom. The van der Waals surface area contributed by atoms with Crippen LogP contribution in [-0.2, 0) is 16.6 Å². The van der Waals surface area contributed by atoms with Crippen molar-refractivity contribution in [2.75, 3.05) is 40.4 Å². The van der Waals surface area contributed by atoms with E-state index in [-0.39, 0.29) is 11.5 Å². The first-order valence-electron chi connectivity index (χ1n) is 10.0. The number of ether oxygens (including phenoxy) is 2. The fourth-order valence-electron chi connectivity index (χ4n) is 3.97. The van der Waals surface area contributed by atoms with E-state index in [2.05, 4.69) is 29.2 Å². The molecule has 0 saturated carbocycles. The summed E-state index contributed by atoms with van der Waals surface area (Å²) in [6, 6.07) is 16.7. The van der Waals surface area contributed by atoms with E-state index in [4.69, 9.17) is 9.47 Å². The van der Waals surface area contributed by atoms with Crippen LogP contribution in [0.1, 0.15) is 5.56 Å². The van der Waals surface area contributed by atoms with E-state index in [0.29, 0.717) is 26.2 Å². The highest BCUT2D eigenvalue weighted by atomic mass is 32.2. The third-order valence-corrected chi connectivity index (χ3v) is 7.57. The second kappa shape index (κ2) is 8.82. The van der Waals surface area contributed by atoms with Crippen molar-refractivity contribution < 1.29 is 22.3 Å². The Bertz CT molecular complexity index is 1190. The molecule has 1 fully saturated rings. The van der Waals surface area contributed by atoms with Crippen molar-refractivity contribution in [1.29, 1.82) is 0 Å². The molecule has 0 radical (unpaired) electrons. The monoisotopic (exact) mass is 444 g/mol. The molecule has 0 amide bonds. The van der Waals surface area contributed by atoms with Gasteiger partial charge in [0, 0.05) is 44.9 Å². The van der Waals surface area contributed by atoms with Crippen LogP contribution in [0.2, 0.25) is 0 Å². The number of methoxy groups -OCH3 is 2. The molecule has 0 atom stereocenters. The van der Waals surface area contributed by atoms with Crippen LogP contribution in [0.25, 0.3) is 10.8 Å². The van der Waals surface area contributed by atoms with Crippen LogP contribution < -0.4 is 9.47 Å². The topological polar surface area (TPSA) is 59.1 Å². The van der Waals surface area contributed by atoms with Gasteiger partial charge in [0.25, 0.3) is 0 Å². The first-order valence-corrected chi connectivity index (χ1v) is 11.5. The predicted molar refractivity (Wildman–Crippen MR) is 117 cm³/mol. The number of sulfonamides is 1. The highest BCUT2D eigenvalue weighted by Crippen LogP contribution is 2.33. The van der Waals surface area contributed by atoms with Gasteiger partial charge in [0.15, 0.2) is 11.5 Å². The van der Waals surface area contributed by atoms with Gasteiger partial charge in [-0.2, -0.15) is 4.31 Å². The Labute approximate surface area is 181 Å². The number of rotatable bonds is 6. The Morgan fingerprint density at radius 2 is 1.55 bits per heavy atom. The molecule has 4 rings (SSSR count). The van der Waals surface area contributed by atoms with Crippen LogP contribution in [-0.4, -0.2) is 58.0 Å². The molecular weight excluding hydrogens is 419 g/mol. The molecule has 8 heteroatoms. The molecule has 1 heterocycles. The molecule has 6 nitrogen and oxygen atoms in total. The van der Waals surface area contributed by atoms with Crippen molar-refractivity contribution in [3.05, 3.63) is 66.0 Å². The van der Waals surface area contributed by atoms with Crippen LogP contribution in [0, 0.1) is 5.82 Å². The van der Waals surface area contributed by atoms with Gasteiger partial charge in [-0.1, -0.05) is 42.5 Å². The van der Waals surface area contributed by atoms with Crippen molar-refractivity contribution in [3.63, 3.8) is 0 Å². The summed E-state index contributed by atoms with van der Waals surface area (Å²) in [4.78, 5) is 1.83. The van der Waals surface area contributed by atoms with E-state index >= 15 is 0 Å². The Hall–Kier alpha value is -2.68. The SMILES string of the molecule is COc1cc(F)c(S(=O)(=O)N2CCN(Cc3cccc4ccccc34)CC2)cc1OC. The molecule has 0 N–H and O–H groups in total. The first kappa shape index (κ1) is 21.5. The maximum Gasteiger partial charge on any atom is 0.246 e. The molecule has 1 saturated heterocycles. The van der Waals surface area contributed by atoms with E-state index in [1.807, 2.05) is 18.2 Å². The van der Waals surface area contributed by atoms with Crippen LogP contribution in [0.15, 0.2) is 59.5 Å². The average Bonchev–Trinajstić information content (AvgIpc) is 2.79. The lowest BCUT2D eigenvalue weighted by Crippen LogP contribution is -2.48. The molecule has 3 aromatic rings. The normalized spacial score (nSPS) is 15.8. The molecule has 0 aliphatic carbocycles. The minimum Gasteiger partial charge on any atom is -0.493 e. The largest absolute Gasteiger partial charge is 0.493 e. The standard InChI is InChI=1S/C23H25FN2O4S/c1-29-21-14-20(24)23(15-22(21)30-2)31(27,28)26-12-10-25(11-13-26)16-18-8-5-7-17-6-3-4-9-19(17)18/h3-9,14-15H,10-13,16H2,1-2H3. The fourth-order valence-corrected chi connectivity index (χ4v) is 5.46. The summed E-state index contributed by atoms with van der Waals surface area (Å²) in [5.74, 6) is -0.522. The third kappa shape index (κ3) is 4.23. The number of piperazine rings is 1. The minimum atomic E-state index is -3.99.